The van der Waals surface area contributed by atoms with Crippen LogP contribution in [0.1, 0.15) is 5.56 Å². The second kappa shape index (κ2) is 5.88. The summed E-state index contributed by atoms with van der Waals surface area (Å²) in [5.41, 5.74) is 3.60. The Hall–Kier alpha value is -2.13. The van der Waals surface area contributed by atoms with Gasteiger partial charge in [-0.2, -0.15) is 0 Å². The summed E-state index contributed by atoms with van der Waals surface area (Å²) in [6, 6.07) is 18.6. The van der Waals surface area contributed by atoms with Gasteiger partial charge in [0.25, 0.3) is 0 Å². The van der Waals surface area contributed by atoms with Crippen molar-refractivity contribution < 1.29 is 4.79 Å². The topological polar surface area (TPSA) is 41.1 Å². The zero-order valence-corrected chi connectivity index (χ0v) is 11.3. The van der Waals surface area contributed by atoms with Gasteiger partial charge in [-0.3, -0.25) is 4.79 Å². The van der Waals surface area contributed by atoms with E-state index in [1.54, 1.807) is 0 Å². The van der Waals surface area contributed by atoms with Crippen LogP contribution in [0.25, 0.3) is 11.1 Å². The summed E-state index contributed by atoms with van der Waals surface area (Å²) in [5, 5.41) is 6.14. The number of carbonyl (C=O) groups is 1. The molecule has 1 saturated heterocycles. The molecule has 102 valence electrons. The maximum atomic E-state index is 11.7. The van der Waals surface area contributed by atoms with Crippen molar-refractivity contribution in [3.63, 3.8) is 0 Å². The van der Waals surface area contributed by atoms with Crippen LogP contribution in [0.15, 0.2) is 54.6 Å². The van der Waals surface area contributed by atoms with Crippen molar-refractivity contribution in [1.82, 2.24) is 10.6 Å². The molecule has 3 nitrogen and oxygen atoms in total. The Labute approximate surface area is 119 Å². The highest BCUT2D eigenvalue weighted by Gasteiger charge is 2.21. The fraction of sp³-hybridized carbons (Fsp3) is 0.235. The van der Waals surface area contributed by atoms with E-state index in [2.05, 4.69) is 47.0 Å². The van der Waals surface area contributed by atoms with Crippen LogP contribution in [0.4, 0.5) is 0 Å². The largest absolute Gasteiger partial charge is 0.353 e. The zero-order chi connectivity index (χ0) is 13.8. The molecule has 0 bridgehead atoms. The number of piperazine rings is 1. The van der Waals surface area contributed by atoms with Gasteiger partial charge >= 0.3 is 0 Å². The van der Waals surface area contributed by atoms with E-state index in [9.17, 15) is 4.79 Å². The van der Waals surface area contributed by atoms with Gasteiger partial charge in [0.05, 0.1) is 6.04 Å². The molecule has 1 heterocycles. The molecule has 20 heavy (non-hydrogen) atoms. The summed E-state index contributed by atoms with van der Waals surface area (Å²) in [6.45, 7) is 1.57. The van der Waals surface area contributed by atoms with Gasteiger partial charge in [-0.1, -0.05) is 54.6 Å². The van der Waals surface area contributed by atoms with Crippen LogP contribution in [0.3, 0.4) is 0 Å². The average Bonchev–Trinajstić information content (AvgIpc) is 2.51. The molecule has 1 unspecified atom stereocenters. The van der Waals surface area contributed by atoms with Gasteiger partial charge in [-0.05, 0) is 23.1 Å². The number of nitrogens with one attached hydrogen (secondary N) is 2. The SMILES string of the molecule is O=C1NCCNC1Cc1ccc(-c2ccccc2)cc1. The monoisotopic (exact) mass is 266 g/mol. The van der Waals surface area contributed by atoms with E-state index in [1.165, 1.54) is 16.7 Å². The first-order valence-corrected chi connectivity index (χ1v) is 6.98. The van der Waals surface area contributed by atoms with Crippen LogP contribution in [0.2, 0.25) is 0 Å². The van der Waals surface area contributed by atoms with Crippen LogP contribution < -0.4 is 10.6 Å². The van der Waals surface area contributed by atoms with Crippen molar-refractivity contribution in [1.29, 1.82) is 0 Å². The third-order valence-electron chi connectivity index (χ3n) is 3.63. The van der Waals surface area contributed by atoms with Gasteiger partial charge < -0.3 is 10.6 Å². The minimum Gasteiger partial charge on any atom is -0.353 e. The Morgan fingerprint density at radius 2 is 1.60 bits per heavy atom. The summed E-state index contributed by atoms with van der Waals surface area (Å²) < 4.78 is 0. The van der Waals surface area contributed by atoms with E-state index in [0.717, 1.165) is 19.5 Å². The maximum absolute atomic E-state index is 11.7. The summed E-state index contributed by atoms with van der Waals surface area (Å²) in [6.07, 6.45) is 0.737. The Morgan fingerprint density at radius 3 is 2.30 bits per heavy atom. The Bertz CT molecular complexity index is 578. The summed E-state index contributed by atoms with van der Waals surface area (Å²) in [5.74, 6) is 0.100. The fourth-order valence-corrected chi connectivity index (χ4v) is 2.51. The van der Waals surface area contributed by atoms with Crippen molar-refractivity contribution in [2.45, 2.75) is 12.5 Å². The molecule has 0 aromatic heterocycles. The molecule has 1 aliphatic rings. The molecule has 1 aliphatic heterocycles. The molecular weight excluding hydrogens is 248 g/mol. The highest BCUT2D eigenvalue weighted by molar-refractivity contribution is 5.82. The molecule has 3 heteroatoms. The standard InChI is InChI=1S/C17H18N2O/c20-17-16(18-10-11-19-17)12-13-6-8-15(9-7-13)14-4-2-1-3-5-14/h1-9,16,18H,10-12H2,(H,19,20). The van der Waals surface area contributed by atoms with Crippen molar-refractivity contribution in [2.24, 2.45) is 0 Å². The summed E-state index contributed by atoms with van der Waals surface area (Å²) in [4.78, 5) is 11.7. The normalized spacial score (nSPS) is 18.6. The Balaban J connectivity index is 1.72. The minimum atomic E-state index is -0.105. The Morgan fingerprint density at radius 1 is 0.900 bits per heavy atom. The highest BCUT2D eigenvalue weighted by Crippen LogP contribution is 2.19. The van der Waals surface area contributed by atoms with Crippen LogP contribution in [0, 0.1) is 0 Å². The molecule has 0 aliphatic carbocycles. The van der Waals surface area contributed by atoms with Gasteiger partial charge in [0.1, 0.15) is 0 Å². The van der Waals surface area contributed by atoms with Crippen LogP contribution in [-0.4, -0.2) is 25.0 Å². The third-order valence-corrected chi connectivity index (χ3v) is 3.63. The number of hydrogen-bond donors (Lipinski definition) is 2. The molecule has 1 amide bonds. The Kier molecular flexibility index (Phi) is 3.79. The van der Waals surface area contributed by atoms with E-state index in [0.29, 0.717) is 0 Å². The predicted octanol–water partition coefficient (Wildman–Crippen LogP) is 1.98. The number of hydrogen-bond acceptors (Lipinski definition) is 2. The maximum Gasteiger partial charge on any atom is 0.237 e. The first-order chi connectivity index (χ1) is 9.83. The lowest BCUT2D eigenvalue weighted by Crippen LogP contribution is -2.53. The second-order valence-corrected chi connectivity index (χ2v) is 5.06. The van der Waals surface area contributed by atoms with Gasteiger partial charge in [0, 0.05) is 13.1 Å². The molecular formula is C17H18N2O. The van der Waals surface area contributed by atoms with Crippen LogP contribution >= 0.6 is 0 Å². The van der Waals surface area contributed by atoms with Gasteiger partial charge in [0.2, 0.25) is 5.91 Å². The number of benzene rings is 2. The van der Waals surface area contributed by atoms with E-state index in [4.69, 9.17) is 0 Å². The number of rotatable bonds is 3. The van der Waals surface area contributed by atoms with Crippen molar-refractivity contribution >= 4 is 5.91 Å². The lowest BCUT2D eigenvalue weighted by atomic mass is 10.00. The van der Waals surface area contributed by atoms with E-state index >= 15 is 0 Å². The molecule has 1 fully saturated rings. The van der Waals surface area contributed by atoms with E-state index in [1.807, 2.05) is 18.2 Å². The lowest BCUT2D eigenvalue weighted by Gasteiger charge is -2.23. The van der Waals surface area contributed by atoms with Gasteiger partial charge in [-0.25, -0.2) is 0 Å². The lowest BCUT2D eigenvalue weighted by molar-refractivity contribution is -0.124. The van der Waals surface area contributed by atoms with Crippen LogP contribution in [0.5, 0.6) is 0 Å². The van der Waals surface area contributed by atoms with E-state index in [-0.39, 0.29) is 11.9 Å². The molecule has 3 rings (SSSR count). The van der Waals surface area contributed by atoms with E-state index < -0.39 is 0 Å². The molecule has 0 radical (unpaired) electrons. The highest BCUT2D eigenvalue weighted by atomic mass is 16.2. The number of amides is 1. The van der Waals surface area contributed by atoms with Gasteiger partial charge in [-0.15, -0.1) is 0 Å². The van der Waals surface area contributed by atoms with Gasteiger partial charge in [0.15, 0.2) is 0 Å². The molecule has 0 spiro atoms. The first kappa shape index (κ1) is 12.9. The molecule has 1 atom stereocenters. The molecule has 0 saturated carbocycles. The summed E-state index contributed by atoms with van der Waals surface area (Å²) >= 11 is 0. The quantitative estimate of drug-likeness (QED) is 0.892. The first-order valence-electron chi connectivity index (χ1n) is 6.98. The third kappa shape index (κ3) is 2.89. The second-order valence-electron chi connectivity index (χ2n) is 5.06. The minimum absolute atomic E-state index is 0.100. The van der Waals surface area contributed by atoms with Crippen molar-refractivity contribution in [3.05, 3.63) is 60.2 Å². The predicted molar refractivity (Wildman–Crippen MR) is 80.4 cm³/mol. The van der Waals surface area contributed by atoms with Crippen molar-refractivity contribution in [3.8, 4) is 11.1 Å². The van der Waals surface area contributed by atoms with Crippen molar-refractivity contribution in [2.75, 3.05) is 13.1 Å². The number of carbonyl (C=O) groups excluding carboxylic acids is 1. The zero-order valence-electron chi connectivity index (χ0n) is 11.3. The molecule has 2 aromatic carbocycles. The fourth-order valence-electron chi connectivity index (χ4n) is 2.51. The smallest absolute Gasteiger partial charge is 0.237 e. The molecule has 2 N–H and O–H groups in total. The average molecular weight is 266 g/mol. The summed E-state index contributed by atoms with van der Waals surface area (Å²) in [7, 11) is 0. The van der Waals surface area contributed by atoms with Crippen LogP contribution in [-0.2, 0) is 11.2 Å². The molecule has 2 aromatic rings.